The van der Waals surface area contributed by atoms with Gasteiger partial charge in [0, 0.05) is 23.2 Å². The van der Waals surface area contributed by atoms with Crippen LogP contribution in [0.5, 0.6) is 0 Å². The normalized spacial score (nSPS) is 12.2. The molecular formula is C16H8F6N4O3. The van der Waals surface area contributed by atoms with Gasteiger partial charge in [-0.25, -0.2) is 0 Å². The second-order valence-corrected chi connectivity index (χ2v) is 5.81. The van der Waals surface area contributed by atoms with E-state index >= 15 is 0 Å². The topological polar surface area (TPSA) is 101 Å². The molecule has 0 fully saturated rings. The van der Waals surface area contributed by atoms with Crippen LogP contribution in [0.2, 0.25) is 0 Å². The number of alkyl halides is 6. The molecule has 0 bridgehead atoms. The number of nitro groups is 1. The first-order chi connectivity index (χ1) is 13.4. The molecule has 3 aromatic rings. The zero-order valence-corrected chi connectivity index (χ0v) is 13.9. The number of rotatable bonds is 3. The summed E-state index contributed by atoms with van der Waals surface area (Å²) in [5.74, 6) is -1.15. The SMILES string of the molecule is O=C(Nc1cc(C(F)(F)F)cc(C(F)(F)F)c1)c1n[nH]c2ccc([N+](=O)[O-])cc12. The Morgan fingerprint density at radius 1 is 1.00 bits per heavy atom. The third-order valence-corrected chi connectivity index (χ3v) is 3.82. The summed E-state index contributed by atoms with van der Waals surface area (Å²) >= 11 is 0. The van der Waals surface area contributed by atoms with Crippen molar-refractivity contribution in [2.75, 3.05) is 5.32 Å². The standard InChI is InChI=1S/C16H8F6N4O3/c17-15(18,19)7-3-8(16(20,21)22)5-9(4-7)23-14(27)13-11-6-10(26(28)29)1-2-12(11)24-25-13/h1-6H,(H,23,27)(H,24,25). The Labute approximate surface area is 156 Å². The minimum absolute atomic E-state index is 0.0280. The van der Waals surface area contributed by atoms with Crippen LogP contribution in [-0.4, -0.2) is 21.0 Å². The van der Waals surface area contributed by atoms with Crippen molar-refractivity contribution in [1.29, 1.82) is 0 Å². The van der Waals surface area contributed by atoms with Gasteiger partial charge in [-0.2, -0.15) is 31.4 Å². The van der Waals surface area contributed by atoms with Gasteiger partial charge >= 0.3 is 12.4 Å². The van der Waals surface area contributed by atoms with Gasteiger partial charge in [0.2, 0.25) is 0 Å². The third kappa shape index (κ3) is 4.12. The lowest BCUT2D eigenvalue weighted by atomic mass is 10.1. The van der Waals surface area contributed by atoms with Gasteiger partial charge in [0.15, 0.2) is 5.69 Å². The molecule has 0 aliphatic carbocycles. The second-order valence-electron chi connectivity index (χ2n) is 5.81. The van der Waals surface area contributed by atoms with Gasteiger partial charge in [0.1, 0.15) is 0 Å². The molecule has 1 heterocycles. The fraction of sp³-hybridized carbons (Fsp3) is 0.125. The van der Waals surface area contributed by atoms with Gasteiger partial charge in [0.05, 0.1) is 21.6 Å². The van der Waals surface area contributed by atoms with E-state index in [0.717, 1.165) is 12.1 Å². The number of fused-ring (bicyclic) bond motifs is 1. The smallest absolute Gasteiger partial charge is 0.321 e. The molecule has 2 N–H and O–H groups in total. The van der Waals surface area contributed by atoms with E-state index in [1.165, 1.54) is 6.07 Å². The van der Waals surface area contributed by atoms with Crippen molar-refractivity contribution in [1.82, 2.24) is 10.2 Å². The Kier molecular flexibility index (Phi) is 4.68. The summed E-state index contributed by atoms with van der Waals surface area (Å²) < 4.78 is 77.5. The number of carbonyl (C=O) groups is 1. The van der Waals surface area contributed by atoms with Crippen LogP contribution >= 0.6 is 0 Å². The van der Waals surface area contributed by atoms with Crippen LogP contribution in [0.1, 0.15) is 21.6 Å². The number of nitro benzene ring substituents is 1. The molecule has 0 aliphatic rings. The average Bonchev–Trinajstić information content (AvgIpc) is 3.03. The highest BCUT2D eigenvalue weighted by molar-refractivity contribution is 6.11. The predicted octanol–water partition coefficient (Wildman–Crippen LogP) is 4.76. The minimum atomic E-state index is -5.08. The summed E-state index contributed by atoms with van der Waals surface area (Å²) in [5, 5.41) is 18.8. The zero-order chi connectivity index (χ0) is 21.6. The molecule has 7 nitrogen and oxygen atoms in total. The molecule has 0 spiro atoms. The number of aromatic nitrogens is 2. The van der Waals surface area contributed by atoms with Crippen molar-refractivity contribution < 1.29 is 36.1 Å². The van der Waals surface area contributed by atoms with Gasteiger partial charge in [-0.1, -0.05) is 0 Å². The molecule has 13 heteroatoms. The van der Waals surface area contributed by atoms with E-state index < -0.39 is 45.7 Å². The maximum atomic E-state index is 12.9. The molecule has 0 atom stereocenters. The number of benzene rings is 2. The summed E-state index contributed by atoms with van der Waals surface area (Å²) in [4.78, 5) is 22.5. The Hall–Kier alpha value is -3.64. The highest BCUT2D eigenvalue weighted by Crippen LogP contribution is 2.37. The highest BCUT2D eigenvalue weighted by atomic mass is 19.4. The Morgan fingerprint density at radius 2 is 1.59 bits per heavy atom. The number of aromatic amines is 1. The lowest BCUT2D eigenvalue weighted by Crippen LogP contribution is -2.16. The number of H-pyrrole nitrogens is 1. The first-order valence-electron chi connectivity index (χ1n) is 7.59. The minimum Gasteiger partial charge on any atom is -0.321 e. The Morgan fingerprint density at radius 3 is 2.10 bits per heavy atom. The van der Waals surface area contributed by atoms with Crippen LogP contribution < -0.4 is 5.32 Å². The monoisotopic (exact) mass is 418 g/mol. The fourth-order valence-corrected chi connectivity index (χ4v) is 2.51. The lowest BCUT2D eigenvalue weighted by molar-refractivity contribution is -0.384. The molecule has 0 aliphatic heterocycles. The van der Waals surface area contributed by atoms with E-state index in [0.29, 0.717) is 12.1 Å². The zero-order valence-electron chi connectivity index (χ0n) is 13.9. The van der Waals surface area contributed by atoms with Gasteiger partial charge in [-0.15, -0.1) is 0 Å². The number of amides is 1. The van der Waals surface area contributed by atoms with Crippen LogP contribution in [0.15, 0.2) is 36.4 Å². The van der Waals surface area contributed by atoms with Gasteiger partial charge < -0.3 is 5.32 Å². The van der Waals surface area contributed by atoms with Crippen molar-refractivity contribution in [3.05, 3.63) is 63.3 Å². The molecule has 152 valence electrons. The first-order valence-corrected chi connectivity index (χ1v) is 7.59. The summed E-state index contributed by atoms with van der Waals surface area (Å²) in [6, 6.07) is 3.98. The highest BCUT2D eigenvalue weighted by Gasteiger charge is 2.37. The van der Waals surface area contributed by atoms with E-state index in [1.54, 1.807) is 0 Å². The van der Waals surface area contributed by atoms with Crippen molar-refractivity contribution >= 4 is 28.2 Å². The largest absolute Gasteiger partial charge is 0.416 e. The maximum Gasteiger partial charge on any atom is 0.416 e. The predicted molar refractivity (Wildman–Crippen MR) is 87.1 cm³/mol. The maximum absolute atomic E-state index is 12.9. The molecule has 2 aromatic carbocycles. The van der Waals surface area contributed by atoms with Crippen molar-refractivity contribution in [3.8, 4) is 0 Å². The van der Waals surface area contributed by atoms with E-state index in [4.69, 9.17) is 0 Å². The molecule has 3 rings (SSSR count). The summed E-state index contributed by atoms with van der Waals surface area (Å²) in [5.41, 5.74) is -4.59. The third-order valence-electron chi connectivity index (χ3n) is 3.82. The molecule has 0 unspecified atom stereocenters. The van der Waals surface area contributed by atoms with E-state index in [9.17, 15) is 41.3 Å². The number of hydrogen-bond acceptors (Lipinski definition) is 4. The van der Waals surface area contributed by atoms with Gasteiger partial charge in [0.25, 0.3) is 11.6 Å². The lowest BCUT2D eigenvalue weighted by Gasteiger charge is -2.14. The van der Waals surface area contributed by atoms with Crippen molar-refractivity contribution in [2.24, 2.45) is 0 Å². The number of nitrogens with zero attached hydrogens (tertiary/aromatic N) is 2. The van der Waals surface area contributed by atoms with Crippen LogP contribution in [-0.2, 0) is 12.4 Å². The van der Waals surface area contributed by atoms with Crippen molar-refractivity contribution in [2.45, 2.75) is 12.4 Å². The number of hydrogen-bond donors (Lipinski definition) is 2. The quantitative estimate of drug-likeness (QED) is 0.364. The summed E-state index contributed by atoms with van der Waals surface area (Å²) in [6.07, 6.45) is -10.2. The van der Waals surface area contributed by atoms with Crippen LogP contribution in [0, 0.1) is 10.1 Å². The molecule has 1 amide bonds. The van der Waals surface area contributed by atoms with Crippen LogP contribution in [0.4, 0.5) is 37.7 Å². The Balaban J connectivity index is 2.02. The molecule has 0 radical (unpaired) electrons. The van der Waals surface area contributed by atoms with Crippen molar-refractivity contribution in [3.63, 3.8) is 0 Å². The molecular weight excluding hydrogens is 410 g/mol. The van der Waals surface area contributed by atoms with Gasteiger partial charge in [-0.05, 0) is 24.3 Å². The number of halogens is 6. The number of carbonyl (C=O) groups excluding carboxylic acids is 1. The van der Waals surface area contributed by atoms with Crippen LogP contribution in [0.25, 0.3) is 10.9 Å². The Bertz CT molecular complexity index is 1090. The molecule has 0 saturated carbocycles. The van der Waals surface area contributed by atoms with E-state index in [2.05, 4.69) is 10.2 Å². The second kappa shape index (κ2) is 6.76. The molecule has 1 aromatic heterocycles. The number of non-ortho nitro benzene ring substituents is 1. The van der Waals surface area contributed by atoms with Gasteiger partial charge in [-0.3, -0.25) is 20.0 Å². The number of anilines is 1. The van der Waals surface area contributed by atoms with E-state index in [1.807, 2.05) is 5.32 Å². The summed E-state index contributed by atoms with van der Waals surface area (Å²) in [7, 11) is 0. The fourth-order valence-electron chi connectivity index (χ4n) is 2.51. The molecule has 29 heavy (non-hydrogen) atoms. The first kappa shape index (κ1) is 20.1. The van der Waals surface area contributed by atoms with E-state index in [-0.39, 0.29) is 22.7 Å². The molecule has 0 saturated heterocycles. The average molecular weight is 418 g/mol. The number of nitrogens with one attached hydrogen (secondary N) is 2. The van der Waals surface area contributed by atoms with Crippen LogP contribution in [0.3, 0.4) is 0 Å². The summed E-state index contributed by atoms with van der Waals surface area (Å²) in [6.45, 7) is 0.